The van der Waals surface area contributed by atoms with Gasteiger partial charge in [0.15, 0.2) is 5.69 Å². The van der Waals surface area contributed by atoms with Gasteiger partial charge in [0, 0.05) is 18.8 Å². The lowest BCUT2D eigenvalue weighted by atomic mass is 10.1. The maximum atomic E-state index is 12.9. The SMILES string of the molecule is Cn1nc(C(=O)Nc2ccc(F)cc2)cc1NC(=O)Cc1ccccc1. The molecule has 6 nitrogen and oxygen atoms in total. The van der Waals surface area contributed by atoms with Crippen LogP contribution in [0.15, 0.2) is 60.7 Å². The summed E-state index contributed by atoms with van der Waals surface area (Å²) in [6.07, 6.45) is 0.225. The average Bonchev–Trinajstić information content (AvgIpc) is 2.98. The second kappa shape index (κ2) is 7.60. The van der Waals surface area contributed by atoms with Crippen molar-refractivity contribution in [3.05, 3.63) is 77.7 Å². The number of anilines is 2. The van der Waals surface area contributed by atoms with E-state index in [1.165, 1.54) is 35.0 Å². The second-order valence-electron chi connectivity index (χ2n) is 5.71. The highest BCUT2D eigenvalue weighted by atomic mass is 19.1. The molecule has 0 bridgehead atoms. The monoisotopic (exact) mass is 352 g/mol. The molecule has 1 aromatic heterocycles. The summed E-state index contributed by atoms with van der Waals surface area (Å²) in [5.74, 6) is -0.625. The van der Waals surface area contributed by atoms with E-state index in [0.29, 0.717) is 11.5 Å². The molecule has 2 aromatic carbocycles. The van der Waals surface area contributed by atoms with E-state index in [9.17, 15) is 14.0 Å². The summed E-state index contributed by atoms with van der Waals surface area (Å²) < 4.78 is 14.3. The van der Waals surface area contributed by atoms with Crippen molar-refractivity contribution in [3.63, 3.8) is 0 Å². The molecule has 0 aliphatic rings. The number of carbonyl (C=O) groups excluding carboxylic acids is 2. The number of aromatic nitrogens is 2. The van der Waals surface area contributed by atoms with Crippen LogP contribution in [0.5, 0.6) is 0 Å². The number of hydrogen-bond acceptors (Lipinski definition) is 3. The highest BCUT2D eigenvalue weighted by Gasteiger charge is 2.15. The van der Waals surface area contributed by atoms with E-state index in [1.807, 2.05) is 30.3 Å². The molecule has 3 rings (SSSR count). The maximum absolute atomic E-state index is 12.9. The zero-order valence-corrected chi connectivity index (χ0v) is 14.1. The Bertz CT molecular complexity index is 920. The van der Waals surface area contributed by atoms with Gasteiger partial charge >= 0.3 is 0 Å². The molecule has 0 spiro atoms. The normalized spacial score (nSPS) is 10.4. The molecule has 3 aromatic rings. The van der Waals surface area contributed by atoms with Gasteiger partial charge in [0.2, 0.25) is 5.91 Å². The fourth-order valence-electron chi connectivity index (χ4n) is 2.39. The van der Waals surface area contributed by atoms with Gasteiger partial charge in [-0.05, 0) is 29.8 Å². The van der Waals surface area contributed by atoms with Crippen LogP contribution in [0.4, 0.5) is 15.9 Å². The smallest absolute Gasteiger partial charge is 0.276 e. The lowest BCUT2D eigenvalue weighted by Crippen LogP contribution is -2.16. The van der Waals surface area contributed by atoms with E-state index in [0.717, 1.165) is 5.56 Å². The van der Waals surface area contributed by atoms with Gasteiger partial charge in [0.05, 0.1) is 6.42 Å². The standard InChI is InChI=1S/C19H17FN4O2/c1-24-17(22-18(25)11-13-5-3-2-4-6-13)12-16(23-24)19(26)21-15-9-7-14(20)8-10-15/h2-10,12H,11H2,1H3,(H,21,26)(H,22,25). The van der Waals surface area contributed by atoms with Crippen molar-refractivity contribution in [1.82, 2.24) is 9.78 Å². The van der Waals surface area contributed by atoms with Crippen LogP contribution in [0.1, 0.15) is 16.1 Å². The zero-order chi connectivity index (χ0) is 18.5. The van der Waals surface area contributed by atoms with E-state index in [1.54, 1.807) is 7.05 Å². The summed E-state index contributed by atoms with van der Waals surface area (Å²) in [4.78, 5) is 24.4. The Morgan fingerprint density at radius 2 is 1.73 bits per heavy atom. The minimum atomic E-state index is -0.448. The number of aryl methyl sites for hydroxylation is 1. The Labute approximate surface area is 149 Å². The lowest BCUT2D eigenvalue weighted by molar-refractivity contribution is -0.115. The van der Waals surface area contributed by atoms with Crippen LogP contribution >= 0.6 is 0 Å². The molecular formula is C19H17FN4O2. The van der Waals surface area contributed by atoms with Crippen LogP contribution in [-0.2, 0) is 18.3 Å². The molecule has 132 valence electrons. The molecule has 0 unspecified atom stereocenters. The van der Waals surface area contributed by atoms with Crippen molar-refractivity contribution in [1.29, 1.82) is 0 Å². The Morgan fingerprint density at radius 1 is 1.04 bits per heavy atom. The number of rotatable bonds is 5. The number of carbonyl (C=O) groups is 2. The maximum Gasteiger partial charge on any atom is 0.276 e. The fraction of sp³-hybridized carbons (Fsp3) is 0.105. The molecule has 0 atom stereocenters. The first-order chi connectivity index (χ1) is 12.5. The van der Waals surface area contributed by atoms with Crippen molar-refractivity contribution in [2.45, 2.75) is 6.42 Å². The van der Waals surface area contributed by atoms with Gasteiger partial charge in [0.25, 0.3) is 5.91 Å². The predicted molar refractivity (Wildman–Crippen MR) is 96.3 cm³/mol. The van der Waals surface area contributed by atoms with Crippen molar-refractivity contribution in [3.8, 4) is 0 Å². The van der Waals surface area contributed by atoms with Gasteiger partial charge < -0.3 is 10.6 Å². The fourth-order valence-corrected chi connectivity index (χ4v) is 2.39. The van der Waals surface area contributed by atoms with Crippen LogP contribution in [0.2, 0.25) is 0 Å². The third-order valence-corrected chi connectivity index (χ3v) is 3.69. The molecular weight excluding hydrogens is 335 g/mol. The molecule has 0 radical (unpaired) electrons. The molecule has 7 heteroatoms. The highest BCUT2D eigenvalue weighted by Crippen LogP contribution is 2.14. The summed E-state index contributed by atoms with van der Waals surface area (Å²) in [5.41, 5.74) is 1.49. The summed E-state index contributed by atoms with van der Waals surface area (Å²) in [7, 11) is 1.63. The van der Waals surface area contributed by atoms with E-state index >= 15 is 0 Å². The summed E-state index contributed by atoms with van der Waals surface area (Å²) >= 11 is 0. The topological polar surface area (TPSA) is 76.0 Å². The largest absolute Gasteiger partial charge is 0.321 e. The van der Waals surface area contributed by atoms with Gasteiger partial charge in [-0.15, -0.1) is 0 Å². The van der Waals surface area contributed by atoms with Gasteiger partial charge in [0.1, 0.15) is 11.6 Å². The number of nitrogens with one attached hydrogen (secondary N) is 2. The van der Waals surface area contributed by atoms with Crippen LogP contribution in [0, 0.1) is 5.82 Å². The first-order valence-corrected chi connectivity index (χ1v) is 7.96. The van der Waals surface area contributed by atoms with E-state index in [2.05, 4.69) is 15.7 Å². The van der Waals surface area contributed by atoms with E-state index < -0.39 is 5.91 Å². The molecule has 2 amide bonds. The highest BCUT2D eigenvalue weighted by molar-refractivity contribution is 6.04. The number of hydrogen-bond donors (Lipinski definition) is 2. The zero-order valence-electron chi connectivity index (χ0n) is 14.1. The van der Waals surface area contributed by atoms with Crippen molar-refractivity contribution < 1.29 is 14.0 Å². The number of amides is 2. The molecule has 2 N–H and O–H groups in total. The van der Waals surface area contributed by atoms with Crippen molar-refractivity contribution in [2.24, 2.45) is 7.05 Å². The molecule has 0 saturated carbocycles. The molecule has 26 heavy (non-hydrogen) atoms. The van der Waals surface area contributed by atoms with Crippen LogP contribution in [0.3, 0.4) is 0 Å². The minimum absolute atomic E-state index is 0.145. The molecule has 0 fully saturated rings. The van der Waals surface area contributed by atoms with Crippen LogP contribution < -0.4 is 10.6 Å². The molecule has 0 saturated heterocycles. The summed E-state index contributed by atoms with van der Waals surface area (Å²) in [5, 5.41) is 9.46. The first kappa shape index (κ1) is 17.3. The van der Waals surface area contributed by atoms with Gasteiger partial charge in [-0.3, -0.25) is 14.3 Å². The average molecular weight is 352 g/mol. The third kappa shape index (κ3) is 4.32. The number of nitrogens with zero attached hydrogens (tertiary/aromatic N) is 2. The quantitative estimate of drug-likeness (QED) is 0.741. The Balaban J connectivity index is 1.65. The van der Waals surface area contributed by atoms with E-state index in [-0.39, 0.29) is 23.8 Å². The molecule has 1 heterocycles. The van der Waals surface area contributed by atoms with E-state index in [4.69, 9.17) is 0 Å². The summed E-state index contributed by atoms with van der Waals surface area (Å²) in [6.45, 7) is 0. The lowest BCUT2D eigenvalue weighted by Gasteiger charge is -2.04. The van der Waals surface area contributed by atoms with Crippen molar-refractivity contribution in [2.75, 3.05) is 10.6 Å². The van der Waals surface area contributed by atoms with Gasteiger partial charge in [-0.2, -0.15) is 5.10 Å². The molecule has 0 aliphatic heterocycles. The third-order valence-electron chi connectivity index (χ3n) is 3.69. The van der Waals surface area contributed by atoms with Crippen LogP contribution in [0.25, 0.3) is 0 Å². The Hall–Kier alpha value is -3.48. The first-order valence-electron chi connectivity index (χ1n) is 7.96. The summed E-state index contributed by atoms with van der Waals surface area (Å²) in [6, 6.07) is 16.3. The Morgan fingerprint density at radius 3 is 2.42 bits per heavy atom. The van der Waals surface area contributed by atoms with Gasteiger partial charge in [-0.25, -0.2) is 4.39 Å². The minimum Gasteiger partial charge on any atom is -0.321 e. The Kier molecular flexibility index (Phi) is 5.07. The van der Waals surface area contributed by atoms with Crippen molar-refractivity contribution >= 4 is 23.3 Å². The molecule has 0 aliphatic carbocycles. The van der Waals surface area contributed by atoms with Gasteiger partial charge in [-0.1, -0.05) is 30.3 Å². The predicted octanol–water partition coefficient (Wildman–Crippen LogP) is 2.99. The number of benzene rings is 2. The second-order valence-corrected chi connectivity index (χ2v) is 5.71. The number of halogens is 1. The van der Waals surface area contributed by atoms with Crippen LogP contribution in [-0.4, -0.2) is 21.6 Å².